The number of nitro groups is 1. The maximum atomic E-state index is 12.6. The number of benzene rings is 1. The Bertz CT molecular complexity index is 851. The zero-order chi connectivity index (χ0) is 20.3. The topological polar surface area (TPSA) is 110 Å². The van der Waals surface area contributed by atoms with E-state index in [1.54, 1.807) is 4.90 Å². The van der Waals surface area contributed by atoms with Crippen molar-refractivity contribution in [2.24, 2.45) is 5.92 Å². The van der Waals surface area contributed by atoms with Crippen molar-refractivity contribution in [1.82, 2.24) is 9.21 Å². The molecule has 0 radical (unpaired) electrons. The van der Waals surface area contributed by atoms with Gasteiger partial charge >= 0.3 is 5.69 Å². The zero-order valence-corrected chi connectivity index (χ0v) is 16.7. The largest absolute Gasteiger partial charge is 0.477 e. The predicted molar refractivity (Wildman–Crippen MR) is 102 cm³/mol. The second-order valence-electron chi connectivity index (χ2n) is 7.37. The maximum absolute atomic E-state index is 12.6. The van der Waals surface area contributed by atoms with E-state index >= 15 is 0 Å². The van der Waals surface area contributed by atoms with Crippen LogP contribution >= 0.6 is 0 Å². The van der Waals surface area contributed by atoms with Crippen LogP contribution in [0.5, 0.6) is 5.75 Å². The van der Waals surface area contributed by atoms with Crippen LogP contribution in [0.1, 0.15) is 32.6 Å². The second-order valence-corrected chi connectivity index (χ2v) is 9.31. The summed E-state index contributed by atoms with van der Waals surface area (Å²) < 4.78 is 32.0. The molecule has 2 fully saturated rings. The second kappa shape index (κ2) is 8.44. The highest BCUT2D eigenvalue weighted by Gasteiger charge is 2.30. The number of likely N-dealkylation sites (tertiary alicyclic amines) is 1. The Labute approximate surface area is 164 Å². The van der Waals surface area contributed by atoms with Gasteiger partial charge in [0.05, 0.1) is 9.82 Å². The minimum atomic E-state index is -3.77. The van der Waals surface area contributed by atoms with Crippen molar-refractivity contribution in [3.05, 3.63) is 28.3 Å². The number of amides is 1. The maximum Gasteiger partial charge on any atom is 0.312 e. The Balaban J connectivity index is 1.74. The summed E-state index contributed by atoms with van der Waals surface area (Å²) in [6.07, 6.45) is 3.55. The van der Waals surface area contributed by atoms with E-state index in [-0.39, 0.29) is 23.2 Å². The van der Waals surface area contributed by atoms with Crippen molar-refractivity contribution in [3.63, 3.8) is 0 Å². The van der Waals surface area contributed by atoms with E-state index in [0.717, 1.165) is 31.7 Å². The van der Waals surface area contributed by atoms with Crippen molar-refractivity contribution >= 4 is 21.6 Å². The molecular weight excluding hydrogens is 386 g/mol. The average Bonchev–Trinajstić information content (AvgIpc) is 3.21. The number of carbonyl (C=O) groups excluding carboxylic acids is 1. The van der Waals surface area contributed by atoms with Crippen LogP contribution in [0.25, 0.3) is 0 Å². The van der Waals surface area contributed by atoms with Crippen molar-refractivity contribution in [1.29, 1.82) is 0 Å². The first-order valence-electron chi connectivity index (χ1n) is 9.48. The molecule has 10 heteroatoms. The third-order valence-electron chi connectivity index (χ3n) is 5.19. The van der Waals surface area contributed by atoms with E-state index in [2.05, 4.69) is 6.92 Å². The normalized spacial score (nSPS) is 20.9. The van der Waals surface area contributed by atoms with Crippen molar-refractivity contribution < 1.29 is 22.9 Å². The smallest absolute Gasteiger partial charge is 0.312 e. The molecule has 9 nitrogen and oxygen atoms in total. The molecule has 3 rings (SSSR count). The molecule has 1 aromatic carbocycles. The van der Waals surface area contributed by atoms with Gasteiger partial charge in [-0.2, -0.15) is 4.31 Å². The quantitative estimate of drug-likeness (QED) is 0.523. The fourth-order valence-corrected chi connectivity index (χ4v) is 5.18. The number of rotatable bonds is 6. The first-order chi connectivity index (χ1) is 13.3. The van der Waals surface area contributed by atoms with Gasteiger partial charge in [0.15, 0.2) is 12.4 Å². The Morgan fingerprint density at radius 3 is 2.61 bits per heavy atom. The van der Waals surface area contributed by atoms with Gasteiger partial charge in [-0.1, -0.05) is 6.92 Å². The van der Waals surface area contributed by atoms with Gasteiger partial charge in [0.2, 0.25) is 10.0 Å². The Morgan fingerprint density at radius 1 is 1.25 bits per heavy atom. The van der Waals surface area contributed by atoms with E-state index in [0.29, 0.717) is 32.1 Å². The molecule has 0 spiro atoms. The molecule has 28 heavy (non-hydrogen) atoms. The van der Waals surface area contributed by atoms with E-state index in [1.807, 2.05) is 0 Å². The minimum Gasteiger partial charge on any atom is -0.477 e. The lowest BCUT2D eigenvalue weighted by molar-refractivity contribution is -0.386. The number of hydrogen-bond acceptors (Lipinski definition) is 6. The van der Waals surface area contributed by atoms with Crippen LogP contribution in [0.15, 0.2) is 23.1 Å². The number of nitro benzene ring substituents is 1. The van der Waals surface area contributed by atoms with E-state index < -0.39 is 20.6 Å². The molecule has 1 amide bonds. The third-order valence-corrected chi connectivity index (χ3v) is 7.09. The summed E-state index contributed by atoms with van der Waals surface area (Å²) >= 11 is 0. The zero-order valence-electron chi connectivity index (χ0n) is 15.9. The number of sulfonamides is 1. The van der Waals surface area contributed by atoms with Crippen molar-refractivity contribution in [2.75, 3.05) is 32.8 Å². The number of carbonyl (C=O) groups is 1. The summed E-state index contributed by atoms with van der Waals surface area (Å²) in [7, 11) is -3.77. The summed E-state index contributed by atoms with van der Waals surface area (Å²) in [4.78, 5) is 24.6. The van der Waals surface area contributed by atoms with Crippen LogP contribution in [0.3, 0.4) is 0 Å². The summed E-state index contributed by atoms with van der Waals surface area (Å²) in [6, 6.07) is 3.56. The molecule has 154 valence electrons. The summed E-state index contributed by atoms with van der Waals surface area (Å²) in [5.41, 5.74) is -0.458. The van der Waals surface area contributed by atoms with Gasteiger partial charge in [0.25, 0.3) is 5.91 Å². The molecule has 0 unspecified atom stereocenters. The summed E-state index contributed by atoms with van der Waals surface area (Å²) in [5.74, 6) is 0.0838. The van der Waals surface area contributed by atoms with Crippen LogP contribution in [0.2, 0.25) is 0 Å². The van der Waals surface area contributed by atoms with E-state index in [4.69, 9.17) is 4.74 Å². The van der Waals surface area contributed by atoms with Gasteiger partial charge in [-0.25, -0.2) is 8.42 Å². The lowest BCUT2D eigenvalue weighted by Gasteiger charge is -2.30. The minimum absolute atomic E-state index is 0.108. The molecule has 0 bridgehead atoms. The van der Waals surface area contributed by atoms with E-state index in [9.17, 15) is 23.3 Å². The summed E-state index contributed by atoms with van der Waals surface area (Å²) in [6.45, 7) is 3.89. The van der Waals surface area contributed by atoms with Gasteiger partial charge in [-0.05, 0) is 43.7 Å². The third kappa shape index (κ3) is 4.44. The number of hydrogen-bond donors (Lipinski definition) is 0. The lowest BCUT2D eigenvalue weighted by atomic mass is 10.0. The SMILES string of the molecule is C[C@@H]1CCCN(C(=O)COc2ccc(S(=O)(=O)N3CCCC3)cc2[N+](=O)[O-])C1. The fourth-order valence-electron chi connectivity index (χ4n) is 3.65. The van der Waals surface area contributed by atoms with Gasteiger partial charge in [0, 0.05) is 32.2 Å². The lowest BCUT2D eigenvalue weighted by Crippen LogP contribution is -2.41. The molecule has 1 atom stereocenters. The van der Waals surface area contributed by atoms with Crippen LogP contribution in [-0.4, -0.2) is 61.2 Å². The Hall–Kier alpha value is -2.20. The molecule has 0 aromatic heterocycles. The Kier molecular flexibility index (Phi) is 6.19. The molecule has 2 aliphatic rings. The molecular formula is C18H25N3O6S. The molecule has 2 heterocycles. The monoisotopic (exact) mass is 411 g/mol. The molecule has 0 aliphatic carbocycles. The van der Waals surface area contributed by atoms with Gasteiger partial charge in [-0.15, -0.1) is 0 Å². The number of nitrogens with zero attached hydrogens (tertiary/aromatic N) is 3. The van der Waals surface area contributed by atoms with Gasteiger partial charge in [-0.3, -0.25) is 14.9 Å². The van der Waals surface area contributed by atoms with Crippen molar-refractivity contribution in [3.8, 4) is 5.75 Å². The first kappa shape index (κ1) is 20.5. The van der Waals surface area contributed by atoms with E-state index in [1.165, 1.54) is 16.4 Å². The van der Waals surface area contributed by atoms with Gasteiger partial charge < -0.3 is 9.64 Å². The first-order valence-corrected chi connectivity index (χ1v) is 10.9. The molecule has 0 N–H and O–H groups in total. The standard InChI is InChI=1S/C18H25N3O6S/c1-14-5-4-8-19(12-14)18(22)13-27-17-7-6-15(11-16(17)21(23)24)28(25,26)20-9-2-3-10-20/h6-7,11,14H,2-5,8-10,12-13H2,1H3/t14-/m1/s1. The summed E-state index contributed by atoms with van der Waals surface area (Å²) in [5, 5.41) is 11.4. The number of piperidine rings is 1. The van der Waals surface area contributed by atoms with Crippen LogP contribution in [-0.2, 0) is 14.8 Å². The van der Waals surface area contributed by atoms with Crippen LogP contribution in [0.4, 0.5) is 5.69 Å². The molecule has 2 aliphatic heterocycles. The Morgan fingerprint density at radius 2 is 1.96 bits per heavy atom. The van der Waals surface area contributed by atoms with Crippen LogP contribution in [0, 0.1) is 16.0 Å². The predicted octanol–water partition coefficient (Wildman–Crippen LogP) is 2.02. The van der Waals surface area contributed by atoms with Gasteiger partial charge in [0.1, 0.15) is 0 Å². The molecule has 1 aromatic rings. The molecule has 0 saturated carbocycles. The van der Waals surface area contributed by atoms with Crippen molar-refractivity contribution in [2.45, 2.75) is 37.5 Å². The highest BCUT2D eigenvalue weighted by molar-refractivity contribution is 7.89. The fraction of sp³-hybridized carbons (Fsp3) is 0.611. The van der Waals surface area contributed by atoms with Crippen LogP contribution < -0.4 is 4.74 Å². The average molecular weight is 411 g/mol. The highest BCUT2D eigenvalue weighted by Crippen LogP contribution is 2.32. The molecule has 2 saturated heterocycles. The highest BCUT2D eigenvalue weighted by atomic mass is 32.2. The number of ether oxygens (including phenoxy) is 1.